The summed E-state index contributed by atoms with van der Waals surface area (Å²) in [6, 6.07) is 7.03. The Labute approximate surface area is 104 Å². The molecule has 1 heterocycles. The zero-order valence-electron chi connectivity index (χ0n) is 10.1. The Bertz CT molecular complexity index is 580. The number of fused-ring (bicyclic) bond motifs is 1. The summed E-state index contributed by atoms with van der Waals surface area (Å²) in [5.41, 5.74) is 1.56. The Morgan fingerprint density at radius 2 is 2.28 bits per heavy atom. The molecule has 18 heavy (non-hydrogen) atoms. The SMILES string of the molecule is CC=CCOCc1ccc2oc(C(=O)O)cc2c1. The molecule has 4 nitrogen and oxygen atoms in total. The van der Waals surface area contributed by atoms with Crippen LogP contribution in [0.15, 0.2) is 40.8 Å². The molecule has 1 N–H and O–H groups in total. The van der Waals surface area contributed by atoms with Gasteiger partial charge in [-0.25, -0.2) is 4.79 Å². The average Bonchev–Trinajstić information content (AvgIpc) is 2.78. The van der Waals surface area contributed by atoms with Gasteiger partial charge in [-0.15, -0.1) is 0 Å². The number of furan rings is 1. The standard InChI is InChI=1S/C14H14O4/c1-2-3-6-17-9-10-4-5-12-11(7-10)8-13(18-12)14(15)16/h2-5,7-8H,6,9H2,1H3,(H,15,16). The first-order valence-electron chi connectivity index (χ1n) is 5.65. The largest absolute Gasteiger partial charge is 0.475 e. The molecule has 0 saturated heterocycles. The van der Waals surface area contributed by atoms with Crippen molar-refractivity contribution in [3.05, 3.63) is 47.7 Å². The van der Waals surface area contributed by atoms with Crippen LogP contribution in [-0.4, -0.2) is 17.7 Å². The van der Waals surface area contributed by atoms with Crippen LogP contribution < -0.4 is 0 Å². The third kappa shape index (κ3) is 2.78. The van der Waals surface area contributed by atoms with Crippen molar-refractivity contribution in [1.82, 2.24) is 0 Å². The van der Waals surface area contributed by atoms with Gasteiger partial charge in [0.25, 0.3) is 0 Å². The zero-order chi connectivity index (χ0) is 13.0. The number of allylic oxidation sites excluding steroid dienone is 1. The van der Waals surface area contributed by atoms with E-state index in [2.05, 4.69) is 0 Å². The van der Waals surface area contributed by atoms with E-state index in [-0.39, 0.29) is 5.76 Å². The third-order valence-electron chi connectivity index (χ3n) is 2.51. The molecule has 0 amide bonds. The van der Waals surface area contributed by atoms with Gasteiger partial charge in [-0.2, -0.15) is 0 Å². The van der Waals surface area contributed by atoms with Gasteiger partial charge in [0.1, 0.15) is 5.58 Å². The fourth-order valence-corrected chi connectivity index (χ4v) is 1.63. The Kier molecular flexibility index (Phi) is 3.79. The van der Waals surface area contributed by atoms with E-state index in [1.807, 2.05) is 31.2 Å². The minimum Gasteiger partial charge on any atom is -0.475 e. The lowest BCUT2D eigenvalue weighted by atomic mass is 10.2. The van der Waals surface area contributed by atoms with E-state index >= 15 is 0 Å². The smallest absolute Gasteiger partial charge is 0.371 e. The second kappa shape index (κ2) is 5.51. The summed E-state index contributed by atoms with van der Waals surface area (Å²) >= 11 is 0. The molecule has 0 atom stereocenters. The maximum absolute atomic E-state index is 10.8. The molecular weight excluding hydrogens is 232 g/mol. The van der Waals surface area contributed by atoms with Gasteiger partial charge in [-0.1, -0.05) is 18.2 Å². The number of hydrogen-bond donors (Lipinski definition) is 1. The van der Waals surface area contributed by atoms with Crippen molar-refractivity contribution in [3.8, 4) is 0 Å². The molecule has 2 rings (SSSR count). The normalized spacial score (nSPS) is 11.4. The third-order valence-corrected chi connectivity index (χ3v) is 2.51. The van der Waals surface area contributed by atoms with Crippen molar-refractivity contribution >= 4 is 16.9 Å². The molecule has 0 aliphatic rings. The number of carbonyl (C=O) groups is 1. The molecule has 0 aliphatic carbocycles. The van der Waals surface area contributed by atoms with E-state index in [1.54, 1.807) is 6.07 Å². The van der Waals surface area contributed by atoms with Gasteiger partial charge in [-0.05, 0) is 30.7 Å². The van der Waals surface area contributed by atoms with Crippen molar-refractivity contribution in [2.24, 2.45) is 0 Å². The number of ether oxygens (including phenoxy) is 1. The zero-order valence-corrected chi connectivity index (χ0v) is 10.1. The number of rotatable bonds is 5. The Morgan fingerprint density at radius 3 is 3.00 bits per heavy atom. The van der Waals surface area contributed by atoms with Crippen LogP contribution in [0.5, 0.6) is 0 Å². The Morgan fingerprint density at radius 1 is 1.44 bits per heavy atom. The van der Waals surface area contributed by atoms with Crippen molar-refractivity contribution in [1.29, 1.82) is 0 Å². The average molecular weight is 246 g/mol. The number of hydrogen-bond acceptors (Lipinski definition) is 3. The highest BCUT2D eigenvalue weighted by Crippen LogP contribution is 2.21. The first-order valence-corrected chi connectivity index (χ1v) is 5.65. The Balaban J connectivity index is 2.14. The van der Waals surface area contributed by atoms with Crippen LogP contribution >= 0.6 is 0 Å². The van der Waals surface area contributed by atoms with Gasteiger partial charge in [0.05, 0.1) is 13.2 Å². The van der Waals surface area contributed by atoms with Gasteiger partial charge >= 0.3 is 5.97 Å². The summed E-state index contributed by atoms with van der Waals surface area (Å²) < 4.78 is 10.6. The number of benzene rings is 1. The van der Waals surface area contributed by atoms with Crippen molar-refractivity contribution in [2.45, 2.75) is 13.5 Å². The van der Waals surface area contributed by atoms with Crippen LogP contribution in [-0.2, 0) is 11.3 Å². The molecule has 0 radical (unpaired) electrons. The van der Waals surface area contributed by atoms with E-state index in [1.165, 1.54) is 6.07 Å². The van der Waals surface area contributed by atoms with E-state index in [0.717, 1.165) is 10.9 Å². The predicted molar refractivity (Wildman–Crippen MR) is 67.6 cm³/mol. The molecule has 0 fully saturated rings. The summed E-state index contributed by atoms with van der Waals surface area (Å²) in [6.07, 6.45) is 3.86. The molecule has 1 aromatic carbocycles. The van der Waals surface area contributed by atoms with Crippen LogP contribution in [0.4, 0.5) is 0 Å². The molecular formula is C14H14O4. The predicted octanol–water partition coefficient (Wildman–Crippen LogP) is 3.22. The first-order chi connectivity index (χ1) is 8.70. The van der Waals surface area contributed by atoms with E-state index in [4.69, 9.17) is 14.3 Å². The summed E-state index contributed by atoms with van der Waals surface area (Å²) in [6.45, 7) is 3.00. The summed E-state index contributed by atoms with van der Waals surface area (Å²) in [5.74, 6) is -1.10. The number of carboxylic acids is 1. The summed E-state index contributed by atoms with van der Waals surface area (Å²) in [4.78, 5) is 10.8. The highest BCUT2D eigenvalue weighted by Gasteiger charge is 2.10. The number of aromatic carboxylic acids is 1. The molecule has 4 heteroatoms. The minimum absolute atomic E-state index is 0.0445. The maximum atomic E-state index is 10.8. The van der Waals surface area contributed by atoms with Crippen LogP contribution in [0.2, 0.25) is 0 Å². The van der Waals surface area contributed by atoms with Crippen LogP contribution in [0.25, 0.3) is 11.0 Å². The van der Waals surface area contributed by atoms with Crippen LogP contribution in [0, 0.1) is 0 Å². The molecule has 0 saturated carbocycles. The van der Waals surface area contributed by atoms with Gasteiger partial charge in [0.15, 0.2) is 0 Å². The molecule has 1 aromatic heterocycles. The Hall–Kier alpha value is -2.07. The summed E-state index contributed by atoms with van der Waals surface area (Å²) in [7, 11) is 0. The first kappa shape index (κ1) is 12.4. The molecule has 0 bridgehead atoms. The molecule has 2 aromatic rings. The monoisotopic (exact) mass is 246 g/mol. The molecule has 0 spiro atoms. The van der Waals surface area contributed by atoms with Gasteiger partial charge in [0, 0.05) is 5.39 Å². The maximum Gasteiger partial charge on any atom is 0.371 e. The van der Waals surface area contributed by atoms with Gasteiger partial charge < -0.3 is 14.3 Å². The fraction of sp³-hybridized carbons (Fsp3) is 0.214. The van der Waals surface area contributed by atoms with Crippen LogP contribution in [0.3, 0.4) is 0 Å². The second-order valence-electron chi connectivity index (χ2n) is 3.87. The fourth-order valence-electron chi connectivity index (χ4n) is 1.63. The van der Waals surface area contributed by atoms with Crippen molar-refractivity contribution in [2.75, 3.05) is 6.61 Å². The minimum atomic E-state index is -1.06. The van der Waals surface area contributed by atoms with E-state index in [9.17, 15) is 4.79 Å². The lowest BCUT2D eigenvalue weighted by molar-refractivity contribution is 0.0665. The van der Waals surface area contributed by atoms with Crippen LogP contribution in [0.1, 0.15) is 23.0 Å². The van der Waals surface area contributed by atoms with E-state index < -0.39 is 5.97 Å². The lowest BCUT2D eigenvalue weighted by Gasteiger charge is -2.01. The van der Waals surface area contributed by atoms with E-state index in [0.29, 0.717) is 18.8 Å². The molecule has 94 valence electrons. The lowest BCUT2D eigenvalue weighted by Crippen LogP contribution is -1.92. The second-order valence-corrected chi connectivity index (χ2v) is 3.87. The van der Waals surface area contributed by atoms with Gasteiger partial charge in [-0.3, -0.25) is 0 Å². The van der Waals surface area contributed by atoms with Crippen molar-refractivity contribution < 1.29 is 19.1 Å². The highest BCUT2D eigenvalue weighted by molar-refractivity contribution is 5.91. The summed E-state index contributed by atoms with van der Waals surface area (Å²) in [5, 5.41) is 9.61. The molecule has 0 unspecified atom stereocenters. The highest BCUT2D eigenvalue weighted by atomic mass is 16.5. The topological polar surface area (TPSA) is 59.7 Å². The molecule has 0 aliphatic heterocycles. The van der Waals surface area contributed by atoms with Gasteiger partial charge in [0.2, 0.25) is 5.76 Å². The van der Waals surface area contributed by atoms with Crippen molar-refractivity contribution in [3.63, 3.8) is 0 Å². The quantitative estimate of drug-likeness (QED) is 0.650. The number of carboxylic acid groups (broad SMARTS) is 1.